The van der Waals surface area contributed by atoms with Gasteiger partial charge in [-0.1, -0.05) is 22.8 Å². The Kier molecular flexibility index (Phi) is 7.39. The molecule has 7 nitrogen and oxygen atoms in total. The first kappa shape index (κ1) is 25.5. The van der Waals surface area contributed by atoms with Crippen molar-refractivity contribution in [2.24, 2.45) is 5.92 Å². The van der Waals surface area contributed by atoms with E-state index < -0.39 is 11.7 Å². The average Bonchev–Trinajstić information content (AvgIpc) is 3.37. The van der Waals surface area contributed by atoms with Crippen molar-refractivity contribution in [1.29, 1.82) is 0 Å². The molecule has 2 aromatic carbocycles. The Labute approximate surface area is 217 Å². The molecule has 3 aromatic rings. The van der Waals surface area contributed by atoms with Crippen LogP contribution in [0.5, 0.6) is 0 Å². The molecule has 1 unspecified atom stereocenters. The zero-order valence-electron chi connectivity index (χ0n) is 20.1. The quantitative estimate of drug-likeness (QED) is 0.461. The Morgan fingerprint density at radius 1 is 1.05 bits per heavy atom. The van der Waals surface area contributed by atoms with Gasteiger partial charge in [0.15, 0.2) is 0 Å². The fraction of sp³-hybridized carbons (Fsp3) is 0.423. The van der Waals surface area contributed by atoms with Crippen LogP contribution in [0.15, 0.2) is 53.1 Å². The largest absolute Gasteiger partial charge is 0.416 e. The van der Waals surface area contributed by atoms with Gasteiger partial charge in [0.1, 0.15) is 0 Å². The fourth-order valence-electron chi connectivity index (χ4n) is 4.95. The molecule has 2 aliphatic rings. The number of carbonyl (C=O) groups excluding carboxylic acids is 1. The molecule has 0 spiro atoms. The highest BCUT2D eigenvalue weighted by Crippen LogP contribution is 2.32. The number of amides is 1. The van der Waals surface area contributed by atoms with Gasteiger partial charge in [-0.25, -0.2) is 0 Å². The zero-order chi connectivity index (χ0) is 26.0. The van der Waals surface area contributed by atoms with Crippen molar-refractivity contribution in [1.82, 2.24) is 19.9 Å². The minimum atomic E-state index is -4.38. The summed E-state index contributed by atoms with van der Waals surface area (Å²) in [5.74, 6) is 0.955. The van der Waals surface area contributed by atoms with Crippen molar-refractivity contribution < 1.29 is 22.5 Å². The molecule has 1 aromatic heterocycles. The summed E-state index contributed by atoms with van der Waals surface area (Å²) >= 11 is 5.94. The summed E-state index contributed by atoms with van der Waals surface area (Å²) in [4.78, 5) is 23.7. The van der Waals surface area contributed by atoms with Gasteiger partial charge in [0.05, 0.1) is 18.0 Å². The number of alkyl halides is 3. The summed E-state index contributed by atoms with van der Waals surface area (Å²) in [7, 11) is 0. The number of piperidine rings is 1. The summed E-state index contributed by atoms with van der Waals surface area (Å²) in [6.45, 7) is 3.88. The van der Waals surface area contributed by atoms with Crippen LogP contribution in [0.1, 0.15) is 24.3 Å². The highest BCUT2D eigenvalue weighted by molar-refractivity contribution is 6.30. The van der Waals surface area contributed by atoms with Gasteiger partial charge in [-0.15, -0.1) is 0 Å². The van der Waals surface area contributed by atoms with Crippen molar-refractivity contribution in [3.8, 4) is 11.4 Å². The lowest BCUT2D eigenvalue weighted by Crippen LogP contribution is -2.52. The van der Waals surface area contributed by atoms with E-state index in [1.54, 1.807) is 18.2 Å². The standard InChI is InChI=1S/C26H27ClF3N5O2/c27-21-8-6-18(7-9-21)24-31-23(37-32-24)17-33-10-2-3-19(16-33)25(36)35-13-11-34(12-14-35)22-5-1-4-20(15-22)26(28,29)30/h1,4-9,15,19H,2-3,10-14,16-17H2. The molecule has 37 heavy (non-hydrogen) atoms. The Balaban J connectivity index is 1.15. The predicted molar refractivity (Wildman–Crippen MR) is 133 cm³/mol. The minimum absolute atomic E-state index is 0.0979. The molecule has 3 heterocycles. The third kappa shape index (κ3) is 6.07. The van der Waals surface area contributed by atoms with E-state index in [0.29, 0.717) is 61.7 Å². The molecule has 196 valence electrons. The number of piperazine rings is 1. The third-order valence-electron chi connectivity index (χ3n) is 6.91. The second kappa shape index (κ2) is 10.7. The number of halogens is 4. The van der Waals surface area contributed by atoms with Gasteiger partial charge in [0.25, 0.3) is 0 Å². The number of hydrogen-bond acceptors (Lipinski definition) is 6. The predicted octanol–water partition coefficient (Wildman–Crippen LogP) is 4.97. The molecule has 1 amide bonds. The smallest absolute Gasteiger partial charge is 0.368 e. The van der Waals surface area contributed by atoms with Crippen molar-refractivity contribution in [3.05, 3.63) is 65.0 Å². The molecule has 0 bridgehead atoms. The zero-order valence-corrected chi connectivity index (χ0v) is 20.9. The van der Waals surface area contributed by atoms with Crippen LogP contribution in [0.3, 0.4) is 0 Å². The van der Waals surface area contributed by atoms with Crippen LogP contribution < -0.4 is 4.90 Å². The van der Waals surface area contributed by atoms with Gasteiger partial charge in [0.2, 0.25) is 17.6 Å². The molecule has 11 heteroatoms. The van der Waals surface area contributed by atoms with Crippen LogP contribution in [0, 0.1) is 5.92 Å². The first-order valence-corrected chi connectivity index (χ1v) is 12.7. The lowest BCUT2D eigenvalue weighted by atomic mass is 9.96. The molecular formula is C26H27ClF3N5O2. The molecule has 2 fully saturated rings. The maximum atomic E-state index is 13.3. The van der Waals surface area contributed by atoms with E-state index >= 15 is 0 Å². The molecule has 5 rings (SSSR count). The molecule has 1 atom stereocenters. The highest BCUT2D eigenvalue weighted by atomic mass is 35.5. The van der Waals surface area contributed by atoms with Gasteiger partial charge in [-0.05, 0) is 61.9 Å². The van der Waals surface area contributed by atoms with Crippen LogP contribution in [0.2, 0.25) is 5.02 Å². The number of likely N-dealkylation sites (tertiary alicyclic amines) is 1. The van der Waals surface area contributed by atoms with Crippen LogP contribution >= 0.6 is 11.6 Å². The lowest BCUT2D eigenvalue weighted by Gasteiger charge is -2.39. The Hall–Kier alpha value is -3.11. The second-order valence-corrected chi connectivity index (χ2v) is 9.89. The van der Waals surface area contributed by atoms with Crippen LogP contribution in [-0.2, 0) is 17.5 Å². The summed E-state index contributed by atoms with van der Waals surface area (Å²) in [5, 5.41) is 4.69. The van der Waals surface area contributed by atoms with E-state index in [1.807, 2.05) is 21.9 Å². The third-order valence-corrected chi connectivity index (χ3v) is 7.17. The summed E-state index contributed by atoms with van der Waals surface area (Å²) in [6, 6.07) is 12.6. The number of aromatic nitrogens is 2. The summed E-state index contributed by atoms with van der Waals surface area (Å²) < 4.78 is 44.7. The molecule has 0 N–H and O–H groups in total. The van der Waals surface area contributed by atoms with E-state index in [9.17, 15) is 18.0 Å². The van der Waals surface area contributed by atoms with Crippen LogP contribution in [0.4, 0.5) is 18.9 Å². The number of benzene rings is 2. The SMILES string of the molecule is O=C(C1CCCN(Cc2nc(-c3ccc(Cl)cc3)no2)C1)N1CCN(c2cccc(C(F)(F)F)c2)CC1. The molecule has 0 radical (unpaired) electrons. The van der Waals surface area contributed by atoms with Gasteiger partial charge < -0.3 is 14.3 Å². The first-order valence-electron chi connectivity index (χ1n) is 12.3. The van der Waals surface area contributed by atoms with Crippen molar-refractivity contribution in [2.45, 2.75) is 25.6 Å². The number of anilines is 1. The summed E-state index contributed by atoms with van der Waals surface area (Å²) in [6.07, 6.45) is -2.68. The first-order chi connectivity index (χ1) is 17.8. The lowest BCUT2D eigenvalue weighted by molar-refractivity contribution is -0.138. The van der Waals surface area contributed by atoms with Gasteiger partial charge in [-0.3, -0.25) is 9.69 Å². The minimum Gasteiger partial charge on any atom is -0.368 e. The Bertz CT molecular complexity index is 1230. The van der Waals surface area contributed by atoms with E-state index in [-0.39, 0.29) is 11.8 Å². The molecule has 0 aliphatic carbocycles. The number of carbonyl (C=O) groups is 1. The van der Waals surface area contributed by atoms with E-state index in [4.69, 9.17) is 16.1 Å². The van der Waals surface area contributed by atoms with Crippen LogP contribution in [-0.4, -0.2) is 65.1 Å². The normalized spacial score (nSPS) is 19.3. The van der Waals surface area contributed by atoms with Gasteiger partial charge in [-0.2, -0.15) is 18.2 Å². The second-order valence-electron chi connectivity index (χ2n) is 9.45. The van der Waals surface area contributed by atoms with Gasteiger partial charge in [0, 0.05) is 49.0 Å². The molecule has 2 saturated heterocycles. The summed E-state index contributed by atoms with van der Waals surface area (Å²) in [5.41, 5.74) is 0.686. The van der Waals surface area contributed by atoms with E-state index in [2.05, 4.69) is 15.0 Å². The Morgan fingerprint density at radius 2 is 1.81 bits per heavy atom. The van der Waals surface area contributed by atoms with Crippen molar-refractivity contribution >= 4 is 23.2 Å². The molecular weight excluding hydrogens is 507 g/mol. The maximum absolute atomic E-state index is 13.3. The maximum Gasteiger partial charge on any atom is 0.416 e. The van der Waals surface area contributed by atoms with Crippen LogP contribution in [0.25, 0.3) is 11.4 Å². The highest BCUT2D eigenvalue weighted by Gasteiger charge is 2.33. The number of rotatable bonds is 5. The molecule has 2 aliphatic heterocycles. The fourth-order valence-corrected chi connectivity index (χ4v) is 5.08. The topological polar surface area (TPSA) is 65.7 Å². The van der Waals surface area contributed by atoms with E-state index in [0.717, 1.165) is 31.0 Å². The van der Waals surface area contributed by atoms with Crippen molar-refractivity contribution in [3.63, 3.8) is 0 Å². The van der Waals surface area contributed by atoms with E-state index in [1.165, 1.54) is 12.1 Å². The monoisotopic (exact) mass is 533 g/mol. The molecule has 0 saturated carbocycles. The average molecular weight is 534 g/mol. The van der Waals surface area contributed by atoms with Gasteiger partial charge >= 0.3 is 6.18 Å². The number of hydrogen-bond donors (Lipinski definition) is 0. The number of nitrogens with zero attached hydrogens (tertiary/aromatic N) is 5. The van der Waals surface area contributed by atoms with Crippen molar-refractivity contribution in [2.75, 3.05) is 44.2 Å². The Morgan fingerprint density at radius 3 is 2.54 bits per heavy atom.